The van der Waals surface area contributed by atoms with Gasteiger partial charge in [-0.25, -0.2) is 8.42 Å². The van der Waals surface area contributed by atoms with Gasteiger partial charge in [0.25, 0.3) is 5.91 Å². The molecule has 144 valence electrons. The van der Waals surface area contributed by atoms with E-state index in [0.717, 1.165) is 36.5 Å². The highest BCUT2D eigenvalue weighted by molar-refractivity contribution is 7.99. The molecule has 4 rings (SSSR count). The predicted molar refractivity (Wildman–Crippen MR) is 108 cm³/mol. The second-order valence-electron chi connectivity index (χ2n) is 6.87. The minimum Gasteiger partial charge on any atom is -0.356 e. The van der Waals surface area contributed by atoms with Crippen molar-refractivity contribution in [3.05, 3.63) is 47.3 Å². The summed E-state index contributed by atoms with van der Waals surface area (Å²) in [5.41, 5.74) is 3.57. The Labute approximate surface area is 163 Å². The van der Waals surface area contributed by atoms with Crippen LogP contribution in [0.4, 0.5) is 5.69 Å². The number of aromatic nitrogens is 1. The molecule has 1 amide bonds. The van der Waals surface area contributed by atoms with Crippen molar-refractivity contribution in [2.24, 2.45) is 0 Å². The van der Waals surface area contributed by atoms with E-state index in [1.54, 1.807) is 11.8 Å². The summed E-state index contributed by atoms with van der Waals surface area (Å²) >= 11 is 1.75. The number of benzene rings is 1. The number of nitrogens with one attached hydrogen (secondary N) is 2. The lowest BCUT2D eigenvalue weighted by Crippen LogP contribution is -2.37. The first-order valence-corrected chi connectivity index (χ1v) is 11.8. The van der Waals surface area contributed by atoms with Crippen molar-refractivity contribution < 1.29 is 13.2 Å². The zero-order valence-electron chi connectivity index (χ0n) is 15.0. The Balaban J connectivity index is 1.53. The molecule has 0 spiro atoms. The van der Waals surface area contributed by atoms with E-state index in [9.17, 15) is 13.2 Å². The first-order valence-electron chi connectivity index (χ1n) is 9.24. The Morgan fingerprint density at radius 3 is 2.74 bits per heavy atom. The van der Waals surface area contributed by atoms with Crippen LogP contribution in [-0.2, 0) is 22.9 Å². The van der Waals surface area contributed by atoms with E-state index in [0.29, 0.717) is 13.1 Å². The standard InChI is InChI=1S/C19H23N3O3S2/c23-19(21-17-7-3-5-14-4-1-2-6-16(14)17)18-12-15(13-20-18)27(24,25)22-8-10-26-11-9-22/h3,5,7,12-13,20H,1-2,4,6,8-11H2,(H,21,23). The predicted octanol–water partition coefficient (Wildman–Crippen LogP) is 2.88. The molecule has 6 nitrogen and oxygen atoms in total. The SMILES string of the molecule is O=C(Nc1cccc2c1CCCC2)c1cc(S(=O)(=O)N2CCSCC2)c[nH]1. The van der Waals surface area contributed by atoms with Gasteiger partial charge in [0.1, 0.15) is 10.6 Å². The number of hydrogen-bond acceptors (Lipinski definition) is 4. The Hall–Kier alpha value is -1.77. The molecular weight excluding hydrogens is 382 g/mol. The smallest absolute Gasteiger partial charge is 0.272 e. The molecule has 1 aromatic carbocycles. The number of thioether (sulfide) groups is 1. The number of aromatic amines is 1. The monoisotopic (exact) mass is 405 g/mol. The van der Waals surface area contributed by atoms with Crippen molar-refractivity contribution in [2.75, 3.05) is 29.9 Å². The number of aryl methyl sites for hydroxylation is 1. The molecule has 2 aromatic rings. The molecule has 2 N–H and O–H groups in total. The number of carbonyl (C=O) groups excluding carboxylic acids is 1. The molecule has 2 heterocycles. The molecular formula is C19H23N3O3S2. The number of carbonyl (C=O) groups is 1. The van der Waals surface area contributed by atoms with Gasteiger partial charge < -0.3 is 10.3 Å². The zero-order chi connectivity index (χ0) is 18.9. The lowest BCUT2D eigenvalue weighted by atomic mass is 9.90. The van der Waals surface area contributed by atoms with Gasteiger partial charge >= 0.3 is 0 Å². The van der Waals surface area contributed by atoms with Crippen LogP contribution in [0.3, 0.4) is 0 Å². The maximum atomic E-state index is 12.7. The summed E-state index contributed by atoms with van der Waals surface area (Å²) in [6.07, 6.45) is 5.71. The largest absolute Gasteiger partial charge is 0.356 e. The van der Waals surface area contributed by atoms with Gasteiger partial charge in [0.2, 0.25) is 10.0 Å². The average Bonchev–Trinajstić information content (AvgIpc) is 3.20. The fraction of sp³-hybridized carbons (Fsp3) is 0.421. The first kappa shape index (κ1) is 18.6. The van der Waals surface area contributed by atoms with Gasteiger partial charge in [-0.15, -0.1) is 0 Å². The second kappa shape index (κ2) is 7.69. The first-order chi connectivity index (χ1) is 13.1. The minimum atomic E-state index is -3.55. The van der Waals surface area contributed by atoms with E-state index >= 15 is 0 Å². The summed E-state index contributed by atoms with van der Waals surface area (Å²) in [7, 11) is -3.55. The summed E-state index contributed by atoms with van der Waals surface area (Å²) < 4.78 is 27.0. The van der Waals surface area contributed by atoms with Crippen LogP contribution in [0.15, 0.2) is 35.4 Å². The molecule has 1 fully saturated rings. The number of rotatable bonds is 4. The number of hydrogen-bond donors (Lipinski definition) is 2. The number of anilines is 1. The van der Waals surface area contributed by atoms with E-state index < -0.39 is 10.0 Å². The second-order valence-corrected chi connectivity index (χ2v) is 10.0. The number of H-pyrrole nitrogens is 1. The zero-order valence-corrected chi connectivity index (χ0v) is 16.7. The van der Waals surface area contributed by atoms with E-state index in [1.165, 1.54) is 34.1 Å². The molecule has 0 unspecified atom stereocenters. The third-order valence-corrected chi connectivity index (χ3v) is 7.97. The Morgan fingerprint density at radius 1 is 1.15 bits per heavy atom. The van der Waals surface area contributed by atoms with Crippen molar-refractivity contribution in [1.29, 1.82) is 0 Å². The summed E-state index contributed by atoms with van der Waals surface area (Å²) in [5.74, 6) is 1.29. The summed E-state index contributed by atoms with van der Waals surface area (Å²) in [5, 5.41) is 2.95. The molecule has 27 heavy (non-hydrogen) atoms. The lowest BCUT2D eigenvalue weighted by Gasteiger charge is -2.24. The van der Waals surface area contributed by atoms with Crippen LogP contribution >= 0.6 is 11.8 Å². The fourth-order valence-corrected chi connectivity index (χ4v) is 6.25. The number of sulfonamides is 1. The van der Waals surface area contributed by atoms with Crippen molar-refractivity contribution in [2.45, 2.75) is 30.6 Å². The molecule has 0 bridgehead atoms. The average molecular weight is 406 g/mol. The van der Waals surface area contributed by atoms with E-state index in [2.05, 4.69) is 16.4 Å². The lowest BCUT2D eigenvalue weighted by molar-refractivity contribution is 0.102. The van der Waals surface area contributed by atoms with Crippen LogP contribution in [-0.4, -0.2) is 48.2 Å². The van der Waals surface area contributed by atoms with Crippen LogP contribution in [0.5, 0.6) is 0 Å². The van der Waals surface area contributed by atoms with E-state index in [1.807, 2.05) is 12.1 Å². The quantitative estimate of drug-likeness (QED) is 0.819. The maximum Gasteiger partial charge on any atom is 0.272 e. The van der Waals surface area contributed by atoms with Gasteiger partial charge in [-0.05, 0) is 48.9 Å². The van der Waals surface area contributed by atoms with Gasteiger partial charge in [0, 0.05) is 36.5 Å². The molecule has 8 heteroatoms. The molecule has 1 aliphatic carbocycles. The fourth-order valence-electron chi connectivity index (χ4n) is 3.68. The number of nitrogens with zero attached hydrogens (tertiary/aromatic N) is 1. The number of fused-ring (bicyclic) bond motifs is 1. The molecule has 1 aromatic heterocycles. The van der Waals surface area contributed by atoms with Crippen LogP contribution < -0.4 is 5.32 Å². The molecule has 1 aliphatic heterocycles. The Morgan fingerprint density at radius 2 is 1.93 bits per heavy atom. The molecule has 0 radical (unpaired) electrons. The van der Waals surface area contributed by atoms with E-state index in [4.69, 9.17) is 0 Å². The maximum absolute atomic E-state index is 12.7. The van der Waals surface area contributed by atoms with Crippen molar-refractivity contribution >= 4 is 33.4 Å². The van der Waals surface area contributed by atoms with Crippen molar-refractivity contribution in [3.8, 4) is 0 Å². The van der Waals surface area contributed by atoms with Crippen LogP contribution in [0.2, 0.25) is 0 Å². The summed E-state index contributed by atoms with van der Waals surface area (Å²) in [6.45, 7) is 1.02. The molecule has 1 saturated heterocycles. The molecule has 2 aliphatic rings. The highest BCUT2D eigenvalue weighted by Gasteiger charge is 2.28. The summed E-state index contributed by atoms with van der Waals surface area (Å²) in [4.78, 5) is 15.6. The van der Waals surface area contributed by atoms with Gasteiger partial charge in [-0.1, -0.05) is 12.1 Å². The van der Waals surface area contributed by atoms with Crippen molar-refractivity contribution in [3.63, 3.8) is 0 Å². The highest BCUT2D eigenvalue weighted by atomic mass is 32.2. The Kier molecular flexibility index (Phi) is 5.29. The third-order valence-electron chi connectivity index (χ3n) is 5.15. The number of amides is 1. The van der Waals surface area contributed by atoms with Gasteiger partial charge in [0.15, 0.2) is 0 Å². The topological polar surface area (TPSA) is 82.3 Å². The highest BCUT2D eigenvalue weighted by Crippen LogP contribution is 2.28. The van der Waals surface area contributed by atoms with Gasteiger partial charge in [-0.3, -0.25) is 4.79 Å². The van der Waals surface area contributed by atoms with Crippen LogP contribution in [0, 0.1) is 0 Å². The normalized spacial score (nSPS) is 18.1. The minimum absolute atomic E-state index is 0.148. The Bertz CT molecular complexity index is 947. The van der Waals surface area contributed by atoms with Crippen LogP contribution in [0.25, 0.3) is 0 Å². The summed E-state index contributed by atoms with van der Waals surface area (Å²) in [6, 6.07) is 7.41. The van der Waals surface area contributed by atoms with Crippen molar-refractivity contribution in [1.82, 2.24) is 9.29 Å². The third kappa shape index (κ3) is 3.79. The molecule has 0 saturated carbocycles. The van der Waals surface area contributed by atoms with Gasteiger partial charge in [0.05, 0.1) is 0 Å². The van der Waals surface area contributed by atoms with Crippen LogP contribution in [0.1, 0.15) is 34.5 Å². The van der Waals surface area contributed by atoms with E-state index in [-0.39, 0.29) is 16.5 Å². The van der Waals surface area contributed by atoms with Gasteiger partial charge in [-0.2, -0.15) is 16.1 Å². The molecule has 0 atom stereocenters.